The molecule has 104 valence electrons. The predicted molar refractivity (Wildman–Crippen MR) is 74.6 cm³/mol. The van der Waals surface area contributed by atoms with Gasteiger partial charge >= 0.3 is 0 Å². The third-order valence-corrected chi connectivity index (χ3v) is 2.86. The highest BCUT2D eigenvalue weighted by molar-refractivity contribution is 5.81. The minimum absolute atomic E-state index is 0.0273. The highest BCUT2D eigenvalue weighted by Gasteiger charge is 2.01. The first-order chi connectivity index (χ1) is 9.69. The van der Waals surface area contributed by atoms with Crippen LogP contribution in [0.25, 0.3) is 0 Å². The molecule has 0 aliphatic heterocycles. The summed E-state index contributed by atoms with van der Waals surface area (Å²) in [6, 6.07) is 11.1. The van der Waals surface area contributed by atoms with Gasteiger partial charge in [-0.15, -0.1) is 0 Å². The molecular weight excluding hydrogens is 260 g/mol. The number of oxime groups is 1. The predicted octanol–water partition coefficient (Wildman–Crippen LogP) is 4.08. The van der Waals surface area contributed by atoms with Crippen LogP contribution in [0.1, 0.15) is 23.6 Å². The fraction of sp³-hybridized carbons (Fsp3) is 0.188. The Balaban J connectivity index is 1.97. The van der Waals surface area contributed by atoms with Crippen LogP contribution in [0.4, 0.5) is 8.78 Å². The molecule has 0 fully saturated rings. The van der Waals surface area contributed by atoms with Gasteiger partial charge in [-0.25, -0.2) is 8.78 Å². The number of hydrogen-bond acceptors (Lipinski definition) is 2. The van der Waals surface area contributed by atoms with Crippen LogP contribution in [-0.4, -0.2) is 6.21 Å². The number of halogens is 2. The van der Waals surface area contributed by atoms with Gasteiger partial charge in [-0.05, 0) is 35.2 Å². The zero-order valence-electron chi connectivity index (χ0n) is 11.1. The summed E-state index contributed by atoms with van der Waals surface area (Å²) in [5, 5.41) is 3.83. The summed E-state index contributed by atoms with van der Waals surface area (Å²) in [4.78, 5) is 5.07. The molecule has 2 aromatic rings. The lowest BCUT2D eigenvalue weighted by atomic mass is 10.1. The quantitative estimate of drug-likeness (QED) is 0.595. The van der Waals surface area contributed by atoms with Crippen molar-refractivity contribution in [3.05, 3.63) is 70.8 Å². The van der Waals surface area contributed by atoms with Gasteiger partial charge in [0.2, 0.25) is 0 Å². The maximum absolute atomic E-state index is 13.0. The zero-order chi connectivity index (χ0) is 14.4. The Morgan fingerprint density at radius 3 is 2.50 bits per heavy atom. The fourth-order valence-electron chi connectivity index (χ4n) is 1.88. The molecule has 0 aromatic heterocycles. The molecular formula is C16H15F2NO. The molecule has 0 unspecified atom stereocenters. The molecule has 0 N–H and O–H groups in total. The molecule has 2 nitrogen and oxygen atoms in total. The van der Waals surface area contributed by atoms with E-state index in [-0.39, 0.29) is 6.61 Å². The van der Waals surface area contributed by atoms with Crippen molar-refractivity contribution >= 4 is 6.21 Å². The second kappa shape index (κ2) is 6.80. The molecule has 0 radical (unpaired) electrons. The van der Waals surface area contributed by atoms with Gasteiger partial charge in [0.15, 0.2) is 0 Å². The Bertz CT molecular complexity index is 591. The molecule has 0 heterocycles. The number of nitrogens with zero attached hydrogens (tertiary/aromatic N) is 1. The zero-order valence-corrected chi connectivity index (χ0v) is 11.1. The van der Waals surface area contributed by atoms with Crippen LogP contribution in [0.15, 0.2) is 47.6 Å². The smallest absolute Gasteiger partial charge is 0.142 e. The minimum Gasteiger partial charge on any atom is -0.391 e. The molecule has 0 atom stereocenters. The summed E-state index contributed by atoms with van der Waals surface area (Å²) in [6.45, 7) is 2.09. The Morgan fingerprint density at radius 1 is 1.10 bits per heavy atom. The van der Waals surface area contributed by atoms with Crippen molar-refractivity contribution in [3.63, 3.8) is 0 Å². The Morgan fingerprint density at radius 2 is 1.80 bits per heavy atom. The van der Waals surface area contributed by atoms with Crippen molar-refractivity contribution in [1.82, 2.24) is 0 Å². The summed E-state index contributed by atoms with van der Waals surface area (Å²) in [7, 11) is 0. The van der Waals surface area contributed by atoms with Gasteiger partial charge in [-0.3, -0.25) is 0 Å². The number of rotatable bonds is 5. The van der Waals surface area contributed by atoms with Gasteiger partial charge in [0.05, 0.1) is 6.21 Å². The van der Waals surface area contributed by atoms with Gasteiger partial charge in [0.25, 0.3) is 0 Å². The average molecular weight is 275 g/mol. The van der Waals surface area contributed by atoms with E-state index in [0.29, 0.717) is 5.56 Å². The molecule has 2 aromatic carbocycles. The monoisotopic (exact) mass is 275 g/mol. The second-order valence-electron chi connectivity index (χ2n) is 4.34. The number of aryl methyl sites for hydroxylation is 1. The van der Waals surface area contributed by atoms with Crippen LogP contribution in [0.3, 0.4) is 0 Å². The Hall–Kier alpha value is -2.23. The van der Waals surface area contributed by atoms with Crippen molar-refractivity contribution in [1.29, 1.82) is 0 Å². The first-order valence-electron chi connectivity index (χ1n) is 6.37. The minimum atomic E-state index is -0.621. The van der Waals surface area contributed by atoms with E-state index in [9.17, 15) is 8.78 Å². The molecule has 4 heteroatoms. The van der Waals surface area contributed by atoms with E-state index in [1.54, 1.807) is 6.21 Å². The maximum Gasteiger partial charge on any atom is 0.142 e. The van der Waals surface area contributed by atoms with Gasteiger partial charge in [-0.1, -0.05) is 36.3 Å². The summed E-state index contributed by atoms with van der Waals surface area (Å²) in [5.41, 5.74) is 2.54. The average Bonchev–Trinajstić information content (AvgIpc) is 2.43. The molecule has 0 aliphatic carbocycles. The molecule has 0 amide bonds. The summed E-state index contributed by atoms with van der Waals surface area (Å²) in [6.07, 6.45) is 2.51. The number of hydrogen-bond donors (Lipinski definition) is 0. The normalized spacial score (nSPS) is 10.9. The maximum atomic E-state index is 13.0. The van der Waals surface area contributed by atoms with Crippen molar-refractivity contribution in [3.8, 4) is 0 Å². The lowest BCUT2D eigenvalue weighted by molar-refractivity contribution is 0.131. The largest absolute Gasteiger partial charge is 0.391 e. The van der Waals surface area contributed by atoms with Crippen molar-refractivity contribution < 1.29 is 13.6 Å². The Labute approximate surface area is 116 Å². The van der Waals surface area contributed by atoms with E-state index in [2.05, 4.69) is 12.1 Å². The van der Waals surface area contributed by atoms with Crippen LogP contribution in [-0.2, 0) is 17.9 Å². The van der Waals surface area contributed by atoms with Crippen molar-refractivity contribution in [2.45, 2.75) is 20.0 Å². The van der Waals surface area contributed by atoms with E-state index in [1.807, 2.05) is 24.3 Å². The van der Waals surface area contributed by atoms with Crippen molar-refractivity contribution in [2.75, 3.05) is 0 Å². The molecule has 0 saturated carbocycles. The lowest BCUT2D eigenvalue weighted by Gasteiger charge is -2.03. The van der Waals surface area contributed by atoms with E-state index < -0.39 is 11.6 Å². The number of benzene rings is 2. The molecule has 0 aliphatic rings. The van der Waals surface area contributed by atoms with Gasteiger partial charge in [0.1, 0.15) is 18.2 Å². The SMILES string of the molecule is CCc1ccccc1C=NOCc1cc(F)cc(F)c1. The van der Waals surface area contributed by atoms with Crippen LogP contribution in [0.5, 0.6) is 0 Å². The highest BCUT2D eigenvalue weighted by Crippen LogP contribution is 2.10. The first kappa shape index (κ1) is 14.2. The summed E-state index contributed by atoms with van der Waals surface area (Å²) < 4.78 is 25.9. The van der Waals surface area contributed by atoms with E-state index >= 15 is 0 Å². The van der Waals surface area contributed by atoms with Crippen LogP contribution >= 0.6 is 0 Å². The summed E-state index contributed by atoms with van der Waals surface area (Å²) in [5.74, 6) is -1.24. The van der Waals surface area contributed by atoms with Crippen molar-refractivity contribution in [2.24, 2.45) is 5.16 Å². The Kier molecular flexibility index (Phi) is 4.82. The second-order valence-corrected chi connectivity index (χ2v) is 4.34. The molecule has 2 rings (SSSR count). The van der Waals surface area contributed by atoms with Gasteiger partial charge in [-0.2, -0.15) is 0 Å². The third kappa shape index (κ3) is 3.88. The highest BCUT2D eigenvalue weighted by atomic mass is 19.1. The molecule has 20 heavy (non-hydrogen) atoms. The molecule has 0 bridgehead atoms. The van der Waals surface area contributed by atoms with Gasteiger partial charge < -0.3 is 4.84 Å². The summed E-state index contributed by atoms with van der Waals surface area (Å²) >= 11 is 0. The van der Waals surface area contributed by atoms with E-state index in [1.165, 1.54) is 12.1 Å². The molecule has 0 saturated heterocycles. The standard InChI is InChI=1S/C16H15F2NO/c1-2-13-5-3-4-6-14(13)10-19-20-11-12-7-15(17)9-16(18)8-12/h3-10H,2,11H2,1H3. The first-order valence-corrected chi connectivity index (χ1v) is 6.37. The topological polar surface area (TPSA) is 21.6 Å². The van der Waals surface area contributed by atoms with E-state index in [4.69, 9.17) is 4.84 Å². The molecule has 0 spiro atoms. The third-order valence-electron chi connectivity index (χ3n) is 2.86. The van der Waals surface area contributed by atoms with E-state index in [0.717, 1.165) is 23.6 Å². The lowest BCUT2D eigenvalue weighted by Crippen LogP contribution is -1.93. The van der Waals surface area contributed by atoms with Crippen LogP contribution < -0.4 is 0 Å². The van der Waals surface area contributed by atoms with Crippen LogP contribution in [0, 0.1) is 11.6 Å². The fourth-order valence-corrected chi connectivity index (χ4v) is 1.88. The van der Waals surface area contributed by atoms with Gasteiger partial charge in [0, 0.05) is 6.07 Å². The van der Waals surface area contributed by atoms with Crippen LogP contribution in [0.2, 0.25) is 0 Å².